The maximum Gasteiger partial charge on any atom is 0.306 e. The average Bonchev–Trinajstić information content (AvgIpc) is 1.89. The van der Waals surface area contributed by atoms with Gasteiger partial charge in [0, 0.05) is 17.4 Å². The smallest absolute Gasteiger partial charge is 0.306 e. The fourth-order valence-corrected chi connectivity index (χ4v) is 0.953. The Morgan fingerprint density at radius 2 is 1.92 bits per heavy atom. The van der Waals surface area contributed by atoms with Crippen LogP contribution in [0, 0.1) is 5.92 Å². The largest absolute Gasteiger partial charge is 0.481 e. The van der Waals surface area contributed by atoms with Crippen LogP contribution >= 0.6 is 0 Å². The zero-order valence-electron chi connectivity index (χ0n) is 7.67. The monoisotopic (exact) mass is 214 g/mol. The summed E-state index contributed by atoms with van der Waals surface area (Å²) in [6.07, 6.45) is 3.71. The number of hydrogen-bond donors (Lipinski definition) is 1. The molecule has 0 bridgehead atoms. The summed E-state index contributed by atoms with van der Waals surface area (Å²) in [5.41, 5.74) is 0. The molecule has 0 amide bonds. The molecule has 0 rings (SSSR count). The first-order valence-electron chi connectivity index (χ1n) is 3.95. The van der Waals surface area contributed by atoms with Gasteiger partial charge in [0.2, 0.25) is 0 Å². The number of aliphatic carboxylic acids is 1. The molecule has 0 heterocycles. The molecule has 0 aromatic rings. The zero-order chi connectivity index (χ0) is 7.98. The van der Waals surface area contributed by atoms with Gasteiger partial charge < -0.3 is 10.6 Å². The van der Waals surface area contributed by atoms with Crippen molar-refractivity contribution in [1.82, 2.24) is 0 Å². The standard InChI is InChI=1S/C8H16O2.Cr.H2O/c1-3-5-6-7(4-2)8(9)10;;/h7H,3-6H2,1-2H3,(H,9,10);;1H2. The fourth-order valence-electron chi connectivity index (χ4n) is 0.953. The van der Waals surface area contributed by atoms with E-state index in [0.717, 1.165) is 25.7 Å². The van der Waals surface area contributed by atoms with Gasteiger partial charge in [-0.15, -0.1) is 0 Å². The van der Waals surface area contributed by atoms with Gasteiger partial charge in [-0.05, 0) is 12.8 Å². The molecule has 0 aromatic carbocycles. The van der Waals surface area contributed by atoms with Gasteiger partial charge in [-0.2, -0.15) is 0 Å². The fraction of sp³-hybridized carbons (Fsp3) is 0.875. The first-order chi connectivity index (χ1) is 4.72. The van der Waals surface area contributed by atoms with Crippen molar-refractivity contribution < 1.29 is 32.7 Å². The van der Waals surface area contributed by atoms with E-state index in [2.05, 4.69) is 6.92 Å². The van der Waals surface area contributed by atoms with Crippen molar-refractivity contribution in [1.29, 1.82) is 0 Å². The van der Waals surface area contributed by atoms with Crippen LogP contribution in [0.2, 0.25) is 0 Å². The second kappa shape index (κ2) is 11.0. The van der Waals surface area contributed by atoms with Gasteiger partial charge in [-0.25, -0.2) is 0 Å². The van der Waals surface area contributed by atoms with Gasteiger partial charge in [0.05, 0.1) is 5.92 Å². The van der Waals surface area contributed by atoms with Crippen LogP contribution in [0.4, 0.5) is 0 Å². The molecule has 1 atom stereocenters. The van der Waals surface area contributed by atoms with Crippen LogP contribution in [0.3, 0.4) is 0 Å². The third-order valence-corrected chi connectivity index (χ3v) is 1.75. The maximum atomic E-state index is 10.4. The summed E-state index contributed by atoms with van der Waals surface area (Å²) < 4.78 is 0. The zero-order valence-corrected chi connectivity index (χ0v) is 8.94. The van der Waals surface area contributed by atoms with E-state index in [0.29, 0.717) is 0 Å². The average molecular weight is 214 g/mol. The van der Waals surface area contributed by atoms with Gasteiger partial charge in [-0.1, -0.05) is 26.7 Å². The van der Waals surface area contributed by atoms with E-state index >= 15 is 0 Å². The molecule has 0 aliphatic heterocycles. The van der Waals surface area contributed by atoms with E-state index in [-0.39, 0.29) is 28.8 Å². The van der Waals surface area contributed by atoms with Crippen molar-refractivity contribution in [3.63, 3.8) is 0 Å². The molecule has 3 N–H and O–H groups in total. The number of carboxylic acid groups (broad SMARTS) is 1. The second-order valence-corrected chi connectivity index (χ2v) is 2.59. The molecular weight excluding hydrogens is 196 g/mol. The summed E-state index contributed by atoms with van der Waals surface area (Å²) in [6.45, 7) is 4.00. The van der Waals surface area contributed by atoms with Gasteiger partial charge in [0.15, 0.2) is 0 Å². The molecule has 0 saturated carbocycles. The quantitative estimate of drug-likeness (QED) is 0.752. The number of carboxylic acids is 1. The summed E-state index contributed by atoms with van der Waals surface area (Å²) in [4.78, 5) is 10.4. The Kier molecular flexibility index (Phi) is 16.3. The predicted octanol–water partition coefficient (Wildman–Crippen LogP) is 1.46. The summed E-state index contributed by atoms with van der Waals surface area (Å²) in [7, 11) is 0. The first kappa shape index (κ1) is 17.9. The number of hydrogen-bond acceptors (Lipinski definition) is 1. The summed E-state index contributed by atoms with van der Waals surface area (Å²) in [5, 5.41) is 8.60. The SMILES string of the molecule is CCCCC(CC)C(=O)O.O.[Cr]. The molecule has 0 fully saturated rings. The van der Waals surface area contributed by atoms with Crippen LogP contribution in [-0.2, 0) is 22.2 Å². The van der Waals surface area contributed by atoms with Crippen molar-refractivity contribution in [3.8, 4) is 0 Å². The van der Waals surface area contributed by atoms with Gasteiger partial charge in [0.25, 0.3) is 0 Å². The van der Waals surface area contributed by atoms with Crippen LogP contribution in [0.5, 0.6) is 0 Å². The molecule has 4 heteroatoms. The second-order valence-electron chi connectivity index (χ2n) is 2.59. The molecular formula is C8H18CrO3. The normalized spacial score (nSPS) is 10.8. The summed E-state index contributed by atoms with van der Waals surface area (Å²) in [6, 6.07) is 0. The third-order valence-electron chi connectivity index (χ3n) is 1.75. The number of carbonyl (C=O) groups is 1. The van der Waals surface area contributed by atoms with Crippen LogP contribution in [-0.4, -0.2) is 16.6 Å². The van der Waals surface area contributed by atoms with Gasteiger partial charge in [-0.3, -0.25) is 4.79 Å². The number of unbranched alkanes of at least 4 members (excludes halogenated alkanes) is 1. The van der Waals surface area contributed by atoms with Crippen molar-refractivity contribution in [2.24, 2.45) is 5.92 Å². The molecule has 0 aliphatic rings. The first-order valence-corrected chi connectivity index (χ1v) is 3.95. The topological polar surface area (TPSA) is 68.8 Å². The van der Waals surface area contributed by atoms with Crippen LogP contribution < -0.4 is 0 Å². The maximum absolute atomic E-state index is 10.4. The molecule has 0 saturated heterocycles. The van der Waals surface area contributed by atoms with Crippen molar-refractivity contribution in [3.05, 3.63) is 0 Å². The Balaban J connectivity index is -0.000000405. The summed E-state index contributed by atoms with van der Waals surface area (Å²) >= 11 is 0. The Bertz CT molecular complexity index is 106. The van der Waals surface area contributed by atoms with Gasteiger partial charge in [0.1, 0.15) is 0 Å². The minimum absolute atomic E-state index is 0. The van der Waals surface area contributed by atoms with E-state index in [9.17, 15) is 4.79 Å². The molecule has 3 nitrogen and oxygen atoms in total. The van der Waals surface area contributed by atoms with E-state index in [4.69, 9.17) is 5.11 Å². The molecule has 0 radical (unpaired) electrons. The molecule has 1 unspecified atom stereocenters. The molecule has 0 aromatic heterocycles. The van der Waals surface area contributed by atoms with E-state index in [1.165, 1.54) is 0 Å². The Morgan fingerprint density at radius 1 is 1.42 bits per heavy atom. The Labute approximate surface area is 84.6 Å². The van der Waals surface area contributed by atoms with Gasteiger partial charge >= 0.3 is 5.97 Å². The van der Waals surface area contributed by atoms with E-state index in [1.807, 2.05) is 6.92 Å². The van der Waals surface area contributed by atoms with Crippen LogP contribution in [0.1, 0.15) is 39.5 Å². The molecule has 0 spiro atoms. The van der Waals surface area contributed by atoms with E-state index in [1.54, 1.807) is 0 Å². The molecule has 12 heavy (non-hydrogen) atoms. The number of rotatable bonds is 5. The molecule has 0 aliphatic carbocycles. The summed E-state index contributed by atoms with van der Waals surface area (Å²) in [5.74, 6) is -0.754. The van der Waals surface area contributed by atoms with Crippen molar-refractivity contribution >= 4 is 5.97 Å². The van der Waals surface area contributed by atoms with E-state index < -0.39 is 5.97 Å². The Hall–Kier alpha value is -0.0375. The molecule has 74 valence electrons. The Morgan fingerprint density at radius 3 is 2.17 bits per heavy atom. The van der Waals surface area contributed by atoms with Crippen LogP contribution in [0.15, 0.2) is 0 Å². The van der Waals surface area contributed by atoms with Crippen molar-refractivity contribution in [2.45, 2.75) is 39.5 Å². The van der Waals surface area contributed by atoms with Crippen molar-refractivity contribution in [2.75, 3.05) is 0 Å². The minimum Gasteiger partial charge on any atom is -0.481 e. The third kappa shape index (κ3) is 8.06. The minimum atomic E-state index is -0.643. The van der Waals surface area contributed by atoms with Crippen LogP contribution in [0.25, 0.3) is 0 Å². The predicted molar refractivity (Wildman–Crippen MR) is 44.6 cm³/mol.